The Morgan fingerprint density at radius 2 is 2.00 bits per heavy atom. The van der Waals surface area contributed by atoms with Gasteiger partial charge in [-0.1, -0.05) is 6.42 Å². The fourth-order valence-corrected chi connectivity index (χ4v) is 4.71. The van der Waals surface area contributed by atoms with Crippen molar-refractivity contribution in [3.63, 3.8) is 0 Å². The second kappa shape index (κ2) is 8.14. The number of piperidine rings is 2. The summed E-state index contributed by atoms with van der Waals surface area (Å²) in [4.78, 5) is 40.4. The standard InChI is InChI=1S/C22H29N3O4/c1-14(2)24-10-4-3-5-16(24)13-29-17-6-7-18-15(11-17)12-25(22(18)28)19-8-9-20(26)23-21(19)27/h6-7,11,14,16,19H,3-5,8-10,12-13H2,1-2H3,(H,23,26,27)/t16-,19?/m1/s1. The van der Waals surface area contributed by atoms with Crippen LogP contribution >= 0.6 is 0 Å². The minimum atomic E-state index is -0.584. The van der Waals surface area contributed by atoms with Gasteiger partial charge >= 0.3 is 0 Å². The Hall–Kier alpha value is -2.41. The Morgan fingerprint density at radius 3 is 2.76 bits per heavy atom. The van der Waals surface area contributed by atoms with E-state index in [1.54, 1.807) is 11.0 Å². The van der Waals surface area contributed by atoms with Crippen LogP contribution in [-0.4, -0.2) is 58.8 Å². The molecule has 3 aliphatic heterocycles. The van der Waals surface area contributed by atoms with Gasteiger partial charge in [0.25, 0.3) is 5.91 Å². The minimum absolute atomic E-state index is 0.153. The van der Waals surface area contributed by atoms with E-state index in [-0.39, 0.29) is 24.1 Å². The molecule has 1 aromatic rings. The van der Waals surface area contributed by atoms with Gasteiger partial charge in [-0.2, -0.15) is 0 Å². The predicted octanol–water partition coefficient (Wildman–Crippen LogP) is 2.09. The molecule has 0 aromatic heterocycles. The van der Waals surface area contributed by atoms with Crippen LogP contribution in [0.3, 0.4) is 0 Å². The number of rotatable bonds is 5. The number of nitrogens with zero attached hydrogens (tertiary/aromatic N) is 2. The van der Waals surface area contributed by atoms with Gasteiger partial charge in [0.1, 0.15) is 18.4 Å². The molecule has 7 heteroatoms. The van der Waals surface area contributed by atoms with Crippen molar-refractivity contribution in [1.29, 1.82) is 0 Å². The van der Waals surface area contributed by atoms with Gasteiger partial charge in [-0.3, -0.25) is 24.6 Å². The molecule has 156 valence electrons. The van der Waals surface area contributed by atoms with E-state index in [4.69, 9.17) is 4.74 Å². The van der Waals surface area contributed by atoms with Gasteiger partial charge in [-0.15, -0.1) is 0 Å². The molecule has 4 rings (SSSR count). The number of nitrogens with one attached hydrogen (secondary N) is 1. The van der Waals surface area contributed by atoms with Crippen molar-refractivity contribution in [1.82, 2.24) is 15.1 Å². The van der Waals surface area contributed by atoms with Gasteiger partial charge < -0.3 is 9.64 Å². The quantitative estimate of drug-likeness (QED) is 0.767. The van der Waals surface area contributed by atoms with Crippen LogP contribution in [0.15, 0.2) is 18.2 Å². The van der Waals surface area contributed by atoms with Crippen LogP contribution in [0, 0.1) is 0 Å². The van der Waals surface area contributed by atoms with Gasteiger partial charge in [0.15, 0.2) is 0 Å². The van der Waals surface area contributed by atoms with E-state index in [9.17, 15) is 14.4 Å². The highest BCUT2D eigenvalue weighted by atomic mass is 16.5. The molecule has 0 aliphatic carbocycles. The number of hydrogen-bond acceptors (Lipinski definition) is 5. The van der Waals surface area contributed by atoms with Crippen LogP contribution in [0.25, 0.3) is 0 Å². The van der Waals surface area contributed by atoms with E-state index in [0.29, 0.717) is 37.2 Å². The summed E-state index contributed by atoms with van der Waals surface area (Å²) in [5.74, 6) is -0.0514. The molecule has 3 heterocycles. The van der Waals surface area contributed by atoms with E-state index < -0.39 is 6.04 Å². The summed E-state index contributed by atoms with van der Waals surface area (Å²) in [5.41, 5.74) is 1.49. The van der Waals surface area contributed by atoms with Crippen LogP contribution in [0.1, 0.15) is 61.9 Å². The summed E-state index contributed by atoms with van der Waals surface area (Å²) in [7, 11) is 0. The van der Waals surface area contributed by atoms with Crippen molar-refractivity contribution in [2.75, 3.05) is 13.2 Å². The summed E-state index contributed by atoms with van der Waals surface area (Å²) in [5, 5.41) is 2.33. The van der Waals surface area contributed by atoms with E-state index >= 15 is 0 Å². The third-order valence-electron chi connectivity index (χ3n) is 6.27. The number of fused-ring (bicyclic) bond motifs is 1. The molecule has 29 heavy (non-hydrogen) atoms. The van der Waals surface area contributed by atoms with Crippen LogP contribution in [0.2, 0.25) is 0 Å². The molecule has 7 nitrogen and oxygen atoms in total. The smallest absolute Gasteiger partial charge is 0.255 e. The van der Waals surface area contributed by atoms with E-state index in [2.05, 4.69) is 24.1 Å². The number of amides is 3. The van der Waals surface area contributed by atoms with Crippen molar-refractivity contribution >= 4 is 17.7 Å². The summed E-state index contributed by atoms with van der Waals surface area (Å²) >= 11 is 0. The summed E-state index contributed by atoms with van der Waals surface area (Å²) in [6, 6.07) is 5.88. The van der Waals surface area contributed by atoms with Crippen molar-refractivity contribution in [3.8, 4) is 5.75 Å². The van der Waals surface area contributed by atoms with Crippen molar-refractivity contribution in [3.05, 3.63) is 29.3 Å². The highest BCUT2D eigenvalue weighted by Gasteiger charge is 2.39. The van der Waals surface area contributed by atoms with Crippen molar-refractivity contribution in [2.24, 2.45) is 0 Å². The number of ether oxygens (including phenoxy) is 1. The Labute approximate surface area is 171 Å². The highest BCUT2D eigenvalue weighted by molar-refractivity contribution is 6.05. The number of imide groups is 1. The summed E-state index contributed by atoms with van der Waals surface area (Å²) in [6.07, 6.45) is 4.26. The van der Waals surface area contributed by atoms with Gasteiger partial charge in [-0.25, -0.2) is 0 Å². The van der Waals surface area contributed by atoms with Crippen molar-refractivity contribution < 1.29 is 19.1 Å². The van der Waals surface area contributed by atoms with Crippen molar-refractivity contribution in [2.45, 2.75) is 70.6 Å². The molecule has 2 saturated heterocycles. The third-order valence-corrected chi connectivity index (χ3v) is 6.27. The predicted molar refractivity (Wildman–Crippen MR) is 107 cm³/mol. The Morgan fingerprint density at radius 1 is 1.17 bits per heavy atom. The SMILES string of the molecule is CC(C)N1CCCC[C@@H]1COc1ccc2c(c1)CN(C1CCC(=O)NC1=O)C2=O. The zero-order valence-electron chi connectivity index (χ0n) is 17.1. The second-order valence-electron chi connectivity index (χ2n) is 8.51. The summed E-state index contributed by atoms with van der Waals surface area (Å²) in [6.45, 7) is 6.58. The highest BCUT2D eigenvalue weighted by Crippen LogP contribution is 2.30. The molecule has 0 spiro atoms. The fraction of sp³-hybridized carbons (Fsp3) is 0.591. The van der Waals surface area contributed by atoms with E-state index in [1.807, 2.05) is 12.1 Å². The van der Waals surface area contributed by atoms with Crippen LogP contribution < -0.4 is 10.1 Å². The monoisotopic (exact) mass is 399 g/mol. The first-order valence-corrected chi connectivity index (χ1v) is 10.6. The minimum Gasteiger partial charge on any atom is -0.492 e. The molecule has 2 fully saturated rings. The first-order chi connectivity index (χ1) is 13.9. The lowest BCUT2D eigenvalue weighted by molar-refractivity contribution is -0.136. The molecule has 1 unspecified atom stereocenters. The Kier molecular flexibility index (Phi) is 5.58. The molecule has 1 N–H and O–H groups in total. The summed E-state index contributed by atoms with van der Waals surface area (Å²) < 4.78 is 6.11. The topological polar surface area (TPSA) is 79.0 Å². The number of benzene rings is 1. The lowest BCUT2D eigenvalue weighted by Gasteiger charge is -2.38. The largest absolute Gasteiger partial charge is 0.492 e. The van der Waals surface area contributed by atoms with Gasteiger partial charge in [-0.05, 0) is 63.4 Å². The number of carbonyl (C=O) groups is 3. The first-order valence-electron chi connectivity index (χ1n) is 10.6. The number of carbonyl (C=O) groups excluding carboxylic acids is 3. The maximum absolute atomic E-state index is 12.8. The molecule has 2 atom stereocenters. The van der Waals surface area contributed by atoms with E-state index in [1.165, 1.54) is 12.8 Å². The molecule has 0 radical (unpaired) electrons. The molecule has 1 aromatic carbocycles. The molecular weight excluding hydrogens is 370 g/mol. The maximum Gasteiger partial charge on any atom is 0.255 e. The van der Waals surface area contributed by atoms with Crippen LogP contribution in [0.5, 0.6) is 5.75 Å². The number of likely N-dealkylation sites (tertiary alicyclic amines) is 1. The lowest BCUT2D eigenvalue weighted by atomic mass is 10.0. The lowest BCUT2D eigenvalue weighted by Crippen LogP contribution is -2.52. The van der Waals surface area contributed by atoms with E-state index in [0.717, 1.165) is 24.3 Å². The molecule has 0 saturated carbocycles. The zero-order chi connectivity index (χ0) is 20.5. The van der Waals surface area contributed by atoms with Gasteiger partial charge in [0, 0.05) is 30.6 Å². The maximum atomic E-state index is 12.8. The molecular formula is C22H29N3O4. The number of hydrogen-bond donors (Lipinski definition) is 1. The molecule has 0 bridgehead atoms. The van der Waals surface area contributed by atoms with Crippen LogP contribution in [-0.2, 0) is 16.1 Å². The second-order valence-corrected chi connectivity index (χ2v) is 8.51. The first kappa shape index (κ1) is 19.9. The van der Waals surface area contributed by atoms with Gasteiger partial charge in [0.2, 0.25) is 11.8 Å². The Bertz CT molecular complexity index is 822. The molecule has 3 amide bonds. The molecule has 3 aliphatic rings. The fourth-order valence-electron chi connectivity index (χ4n) is 4.71. The Balaban J connectivity index is 1.42. The van der Waals surface area contributed by atoms with Crippen LogP contribution in [0.4, 0.5) is 0 Å². The zero-order valence-corrected chi connectivity index (χ0v) is 17.1. The van der Waals surface area contributed by atoms with Gasteiger partial charge in [0.05, 0.1) is 0 Å². The third kappa shape index (κ3) is 4.01. The average molecular weight is 399 g/mol. The normalized spacial score (nSPS) is 25.3. The average Bonchev–Trinajstić information content (AvgIpc) is 3.02.